The lowest BCUT2D eigenvalue weighted by atomic mass is 10.1. The molecule has 0 atom stereocenters. The highest BCUT2D eigenvalue weighted by Gasteiger charge is 2.16. The van der Waals surface area contributed by atoms with Gasteiger partial charge >= 0.3 is 0 Å². The maximum atomic E-state index is 13.0. The molecule has 0 aliphatic rings. The van der Waals surface area contributed by atoms with E-state index in [1.54, 1.807) is 12.1 Å². The number of rotatable bonds is 3. The molecule has 0 radical (unpaired) electrons. The number of amides is 1. The Balaban J connectivity index is 1.89. The van der Waals surface area contributed by atoms with Crippen molar-refractivity contribution >= 4 is 40.5 Å². The normalized spacial score (nSPS) is 10.6. The van der Waals surface area contributed by atoms with Crippen molar-refractivity contribution < 1.29 is 9.18 Å². The van der Waals surface area contributed by atoms with Gasteiger partial charge in [-0.15, -0.1) is 0 Å². The predicted octanol–water partition coefficient (Wildman–Crippen LogP) is 4.36. The number of carbonyl (C=O) groups is 1. The molecule has 3 aromatic rings. The van der Waals surface area contributed by atoms with E-state index >= 15 is 0 Å². The number of nitrogens with one attached hydrogen (secondary N) is 2. The predicted molar refractivity (Wildman–Crippen MR) is 92.8 cm³/mol. The summed E-state index contributed by atoms with van der Waals surface area (Å²) in [5.74, 6) is -0.782. The van der Waals surface area contributed by atoms with Gasteiger partial charge in [-0.05, 0) is 36.4 Å². The summed E-state index contributed by atoms with van der Waals surface area (Å²) in [7, 11) is 0. The van der Waals surface area contributed by atoms with Gasteiger partial charge in [-0.3, -0.25) is 9.89 Å². The van der Waals surface area contributed by atoms with Crippen molar-refractivity contribution in [3.63, 3.8) is 0 Å². The van der Waals surface area contributed by atoms with Crippen LogP contribution in [0.4, 0.5) is 15.8 Å². The number of nitrogen functional groups attached to an aromatic ring is 1. The molecule has 8 heteroatoms. The van der Waals surface area contributed by atoms with Crippen molar-refractivity contribution in [2.45, 2.75) is 0 Å². The fraction of sp³-hybridized carbons (Fsp3) is 0. The van der Waals surface area contributed by atoms with Crippen LogP contribution in [0.1, 0.15) is 10.4 Å². The quantitative estimate of drug-likeness (QED) is 0.603. The lowest BCUT2D eigenvalue weighted by Crippen LogP contribution is -2.12. The van der Waals surface area contributed by atoms with Crippen LogP contribution in [0.5, 0.6) is 0 Å². The molecule has 2 aromatic carbocycles. The number of benzene rings is 2. The molecule has 0 spiro atoms. The average Bonchev–Trinajstić information content (AvgIpc) is 3.03. The minimum atomic E-state index is -0.417. The number of carbonyl (C=O) groups excluding carboxylic acids is 1. The summed E-state index contributed by atoms with van der Waals surface area (Å²) in [5, 5.41) is 9.77. The molecule has 3 rings (SSSR count). The number of anilines is 2. The van der Waals surface area contributed by atoms with Crippen molar-refractivity contribution in [3.8, 4) is 11.3 Å². The minimum Gasteiger partial charge on any atom is -0.396 e. The molecule has 0 aliphatic carbocycles. The van der Waals surface area contributed by atoms with E-state index in [1.807, 2.05) is 0 Å². The SMILES string of the molecule is Nc1c(Cl)cc(NC(=O)c2cn[nH]c2-c2ccc(F)cc2)cc1Cl. The molecule has 4 N–H and O–H groups in total. The Bertz CT molecular complexity index is 886. The van der Waals surface area contributed by atoms with E-state index in [4.69, 9.17) is 28.9 Å². The maximum absolute atomic E-state index is 13.0. The molecule has 1 aromatic heterocycles. The van der Waals surface area contributed by atoms with Crippen LogP contribution in [0.2, 0.25) is 10.0 Å². The summed E-state index contributed by atoms with van der Waals surface area (Å²) in [4.78, 5) is 12.5. The van der Waals surface area contributed by atoms with Gasteiger partial charge < -0.3 is 11.1 Å². The molecule has 1 heterocycles. The van der Waals surface area contributed by atoms with Crippen LogP contribution in [0.3, 0.4) is 0 Å². The second kappa shape index (κ2) is 6.51. The molecule has 1 amide bonds. The van der Waals surface area contributed by atoms with Gasteiger partial charge in [-0.2, -0.15) is 5.10 Å². The fourth-order valence-corrected chi connectivity index (χ4v) is 2.64. The summed E-state index contributed by atoms with van der Waals surface area (Å²) >= 11 is 11.9. The van der Waals surface area contributed by atoms with E-state index in [0.29, 0.717) is 22.5 Å². The molecular weight excluding hydrogens is 354 g/mol. The average molecular weight is 365 g/mol. The number of halogens is 3. The zero-order chi connectivity index (χ0) is 17.3. The molecule has 24 heavy (non-hydrogen) atoms. The molecule has 0 bridgehead atoms. The standard InChI is InChI=1S/C16H11Cl2FN4O/c17-12-5-10(6-13(18)14(12)20)22-16(24)11-7-21-23-15(11)8-1-3-9(19)4-2-8/h1-7H,20H2,(H,21,23)(H,22,24). The van der Waals surface area contributed by atoms with E-state index in [0.717, 1.165) is 0 Å². The van der Waals surface area contributed by atoms with Gasteiger partial charge in [0.25, 0.3) is 5.91 Å². The van der Waals surface area contributed by atoms with Crippen molar-refractivity contribution in [1.82, 2.24) is 10.2 Å². The number of nitrogens with two attached hydrogens (primary N) is 1. The zero-order valence-corrected chi connectivity index (χ0v) is 13.6. The third-order valence-electron chi connectivity index (χ3n) is 3.35. The molecule has 5 nitrogen and oxygen atoms in total. The van der Waals surface area contributed by atoms with Crippen molar-refractivity contribution in [2.24, 2.45) is 0 Å². The summed E-state index contributed by atoms with van der Waals surface area (Å²) in [6, 6.07) is 8.71. The first-order valence-electron chi connectivity index (χ1n) is 6.81. The van der Waals surface area contributed by atoms with E-state index in [9.17, 15) is 9.18 Å². The Morgan fingerprint density at radius 3 is 2.42 bits per heavy atom. The van der Waals surface area contributed by atoms with Gasteiger partial charge in [0.05, 0.1) is 33.2 Å². The lowest BCUT2D eigenvalue weighted by Gasteiger charge is -2.09. The Kier molecular flexibility index (Phi) is 4.42. The summed E-state index contributed by atoms with van der Waals surface area (Å²) in [5.41, 5.74) is 7.71. The van der Waals surface area contributed by atoms with Crippen molar-refractivity contribution in [3.05, 3.63) is 64.0 Å². The number of hydrogen-bond donors (Lipinski definition) is 3. The highest BCUT2D eigenvalue weighted by atomic mass is 35.5. The van der Waals surface area contributed by atoms with Crippen LogP contribution in [-0.2, 0) is 0 Å². The first-order chi connectivity index (χ1) is 11.5. The molecule has 122 valence electrons. The van der Waals surface area contributed by atoms with Gasteiger partial charge in [0, 0.05) is 11.3 Å². The lowest BCUT2D eigenvalue weighted by molar-refractivity contribution is 0.102. The van der Waals surface area contributed by atoms with Gasteiger partial charge in [0.2, 0.25) is 0 Å². The summed E-state index contributed by atoms with van der Waals surface area (Å²) in [6.07, 6.45) is 1.38. The van der Waals surface area contributed by atoms with Crippen LogP contribution in [0.15, 0.2) is 42.6 Å². The molecule has 0 aliphatic heterocycles. The largest absolute Gasteiger partial charge is 0.396 e. The van der Waals surface area contributed by atoms with E-state index in [2.05, 4.69) is 15.5 Å². The Labute approximate surface area is 146 Å². The van der Waals surface area contributed by atoms with Gasteiger partial charge in [-0.1, -0.05) is 23.2 Å². The maximum Gasteiger partial charge on any atom is 0.259 e. The Morgan fingerprint density at radius 1 is 1.17 bits per heavy atom. The zero-order valence-electron chi connectivity index (χ0n) is 12.1. The number of aromatic amines is 1. The second-order valence-electron chi connectivity index (χ2n) is 4.97. The Morgan fingerprint density at radius 2 is 1.79 bits per heavy atom. The fourth-order valence-electron chi connectivity index (χ4n) is 2.15. The van der Waals surface area contributed by atoms with Crippen LogP contribution in [0.25, 0.3) is 11.3 Å². The molecule has 0 fully saturated rings. The molecular formula is C16H11Cl2FN4O. The number of H-pyrrole nitrogens is 1. The summed E-state index contributed by atoms with van der Waals surface area (Å²) in [6.45, 7) is 0. The van der Waals surface area contributed by atoms with Gasteiger partial charge in [-0.25, -0.2) is 4.39 Å². The van der Waals surface area contributed by atoms with Gasteiger partial charge in [0.1, 0.15) is 5.82 Å². The highest BCUT2D eigenvalue weighted by molar-refractivity contribution is 6.39. The monoisotopic (exact) mass is 364 g/mol. The number of hydrogen-bond acceptors (Lipinski definition) is 3. The Hall–Kier alpha value is -2.57. The number of nitrogens with zero attached hydrogens (tertiary/aromatic N) is 1. The molecule has 0 saturated carbocycles. The minimum absolute atomic E-state index is 0.240. The number of aromatic nitrogens is 2. The third-order valence-corrected chi connectivity index (χ3v) is 3.98. The first-order valence-corrected chi connectivity index (χ1v) is 7.56. The molecule has 0 unspecified atom stereocenters. The smallest absolute Gasteiger partial charge is 0.259 e. The van der Waals surface area contributed by atoms with Crippen LogP contribution in [0, 0.1) is 5.82 Å². The summed E-state index contributed by atoms with van der Waals surface area (Å²) < 4.78 is 13.0. The second-order valence-corrected chi connectivity index (χ2v) is 5.79. The van der Waals surface area contributed by atoms with Crippen molar-refractivity contribution in [2.75, 3.05) is 11.1 Å². The van der Waals surface area contributed by atoms with E-state index < -0.39 is 5.91 Å². The molecule has 0 saturated heterocycles. The van der Waals surface area contributed by atoms with Crippen LogP contribution in [-0.4, -0.2) is 16.1 Å². The van der Waals surface area contributed by atoms with E-state index in [1.165, 1.54) is 30.5 Å². The van der Waals surface area contributed by atoms with Crippen molar-refractivity contribution in [1.29, 1.82) is 0 Å². The van der Waals surface area contributed by atoms with Gasteiger partial charge in [0.15, 0.2) is 0 Å². The van der Waals surface area contributed by atoms with E-state index in [-0.39, 0.29) is 21.5 Å². The third kappa shape index (κ3) is 3.20. The van der Waals surface area contributed by atoms with Crippen LogP contribution >= 0.6 is 23.2 Å². The highest BCUT2D eigenvalue weighted by Crippen LogP contribution is 2.31. The van der Waals surface area contributed by atoms with Crippen LogP contribution < -0.4 is 11.1 Å². The topological polar surface area (TPSA) is 83.8 Å². The first kappa shape index (κ1) is 16.3.